The van der Waals surface area contributed by atoms with Gasteiger partial charge in [-0.3, -0.25) is 10.1 Å². The Balaban J connectivity index is 1.56. The van der Waals surface area contributed by atoms with Crippen LogP contribution in [0.25, 0.3) is 0 Å². The Hall–Kier alpha value is -1.40. The van der Waals surface area contributed by atoms with E-state index in [-0.39, 0.29) is 12.5 Å². The molecule has 0 radical (unpaired) electrons. The molecule has 3 rings (SSSR count). The number of hydrogen-bond donors (Lipinski definition) is 1. The van der Waals surface area contributed by atoms with E-state index in [0.29, 0.717) is 16.8 Å². The summed E-state index contributed by atoms with van der Waals surface area (Å²) in [4.78, 5) is 17.9. The fraction of sp³-hybridized carbons (Fsp3) is 0.444. The lowest BCUT2D eigenvalue weighted by Gasteiger charge is -2.11. The van der Waals surface area contributed by atoms with Crippen LogP contribution in [0.1, 0.15) is 48.7 Å². The first-order valence-electron chi connectivity index (χ1n) is 8.23. The average molecular weight is 409 g/mol. The minimum atomic E-state index is -0.180. The SMILES string of the molecule is CC(C)c1ccc(OCC(=O)Nc2nc3c(s2)CCCC3)c(Br)c1. The van der Waals surface area contributed by atoms with Crippen LogP contribution in [-0.2, 0) is 17.6 Å². The number of fused-ring (bicyclic) bond motifs is 1. The number of carbonyl (C=O) groups excluding carboxylic acids is 1. The number of anilines is 1. The summed E-state index contributed by atoms with van der Waals surface area (Å²) in [7, 11) is 0. The smallest absolute Gasteiger partial charge is 0.264 e. The Kier molecular flexibility index (Phi) is 5.56. The number of halogens is 1. The van der Waals surface area contributed by atoms with Crippen LogP contribution in [-0.4, -0.2) is 17.5 Å². The molecule has 1 aromatic carbocycles. The number of ether oxygens (including phenoxy) is 1. The number of aromatic nitrogens is 1. The van der Waals surface area contributed by atoms with Gasteiger partial charge in [0.2, 0.25) is 0 Å². The molecule has 128 valence electrons. The van der Waals surface area contributed by atoms with Gasteiger partial charge >= 0.3 is 0 Å². The molecule has 0 fully saturated rings. The first kappa shape index (κ1) is 17.4. The molecule has 1 N–H and O–H groups in total. The fourth-order valence-electron chi connectivity index (χ4n) is 2.70. The summed E-state index contributed by atoms with van der Waals surface area (Å²) in [6.07, 6.45) is 4.50. The molecule has 4 nitrogen and oxygen atoms in total. The highest BCUT2D eigenvalue weighted by atomic mass is 79.9. The van der Waals surface area contributed by atoms with Crippen molar-refractivity contribution in [2.45, 2.75) is 45.4 Å². The molecule has 0 saturated heterocycles. The number of aryl methyl sites for hydroxylation is 2. The molecule has 0 saturated carbocycles. The third kappa shape index (κ3) is 4.16. The van der Waals surface area contributed by atoms with Crippen molar-refractivity contribution in [1.29, 1.82) is 0 Å². The molecule has 24 heavy (non-hydrogen) atoms. The van der Waals surface area contributed by atoms with Crippen LogP contribution in [0, 0.1) is 0 Å². The number of hydrogen-bond acceptors (Lipinski definition) is 4. The van der Waals surface area contributed by atoms with E-state index >= 15 is 0 Å². The van der Waals surface area contributed by atoms with E-state index in [2.05, 4.69) is 40.1 Å². The van der Waals surface area contributed by atoms with E-state index in [4.69, 9.17) is 4.74 Å². The molecule has 1 aliphatic rings. The maximum absolute atomic E-state index is 12.1. The molecule has 1 aromatic heterocycles. The van der Waals surface area contributed by atoms with E-state index in [1.54, 1.807) is 11.3 Å². The lowest BCUT2D eigenvalue weighted by Crippen LogP contribution is -2.20. The van der Waals surface area contributed by atoms with Gasteiger partial charge in [0.25, 0.3) is 5.91 Å². The van der Waals surface area contributed by atoms with Gasteiger partial charge in [0.15, 0.2) is 11.7 Å². The predicted molar refractivity (Wildman–Crippen MR) is 101 cm³/mol. The second-order valence-electron chi connectivity index (χ2n) is 6.28. The van der Waals surface area contributed by atoms with Crippen LogP contribution in [0.15, 0.2) is 22.7 Å². The van der Waals surface area contributed by atoms with Crippen molar-refractivity contribution in [1.82, 2.24) is 4.98 Å². The van der Waals surface area contributed by atoms with Gasteiger partial charge in [0.05, 0.1) is 10.2 Å². The van der Waals surface area contributed by atoms with Crippen LogP contribution in [0.5, 0.6) is 5.75 Å². The van der Waals surface area contributed by atoms with Gasteiger partial charge in [-0.1, -0.05) is 19.9 Å². The quantitative estimate of drug-likeness (QED) is 0.762. The Labute approximate surface area is 154 Å². The zero-order chi connectivity index (χ0) is 17.1. The largest absolute Gasteiger partial charge is 0.483 e. The third-order valence-electron chi connectivity index (χ3n) is 4.07. The number of benzene rings is 1. The van der Waals surface area contributed by atoms with E-state index in [1.165, 1.54) is 23.3 Å². The van der Waals surface area contributed by atoms with Gasteiger partial charge in [-0.15, -0.1) is 11.3 Å². The molecule has 0 bridgehead atoms. The highest BCUT2D eigenvalue weighted by Gasteiger charge is 2.16. The summed E-state index contributed by atoms with van der Waals surface area (Å²) >= 11 is 5.09. The second kappa shape index (κ2) is 7.66. The Morgan fingerprint density at radius 3 is 2.88 bits per heavy atom. The number of carbonyl (C=O) groups is 1. The molecule has 1 amide bonds. The molecular weight excluding hydrogens is 388 g/mol. The predicted octanol–water partition coefficient (Wildman–Crippen LogP) is 4.93. The summed E-state index contributed by atoms with van der Waals surface area (Å²) in [6, 6.07) is 5.96. The second-order valence-corrected chi connectivity index (χ2v) is 8.22. The molecule has 0 unspecified atom stereocenters. The lowest BCUT2D eigenvalue weighted by atomic mass is 10.0. The van der Waals surface area contributed by atoms with E-state index in [1.807, 2.05) is 18.2 Å². The van der Waals surface area contributed by atoms with Gasteiger partial charge in [-0.2, -0.15) is 0 Å². The van der Waals surface area contributed by atoms with Crippen molar-refractivity contribution in [3.05, 3.63) is 38.8 Å². The summed E-state index contributed by atoms with van der Waals surface area (Å²) in [5.74, 6) is 0.948. The number of rotatable bonds is 5. The van der Waals surface area contributed by atoms with Gasteiger partial charge in [-0.05, 0) is 65.2 Å². The summed E-state index contributed by atoms with van der Waals surface area (Å²) in [5, 5.41) is 3.53. The van der Waals surface area contributed by atoms with Gasteiger partial charge in [0.1, 0.15) is 5.75 Å². The Bertz CT molecular complexity index is 719. The van der Waals surface area contributed by atoms with E-state index in [0.717, 1.165) is 23.0 Å². The van der Waals surface area contributed by atoms with Gasteiger partial charge in [0, 0.05) is 4.88 Å². The summed E-state index contributed by atoms with van der Waals surface area (Å²) < 4.78 is 6.49. The standard InChI is InChI=1S/C18H21BrN2O2S/c1-11(2)12-7-8-15(13(19)9-12)23-10-17(22)21-18-20-14-5-3-4-6-16(14)24-18/h7-9,11H,3-6,10H2,1-2H3,(H,20,21,22). The average Bonchev–Trinajstić information content (AvgIpc) is 2.95. The van der Waals surface area contributed by atoms with Crippen molar-refractivity contribution < 1.29 is 9.53 Å². The lowest BCUT2D eigenvalue weighted by molar-refractivity contribution is -0.118. The fourth-order valence-corrected chi connectivity index (χ4v) is 4.27. The molecule has 6 heteroatoms. The Morgan fingerprint density at radius 1 is 1.38 bits per heavy atom. The summed E-state index contributed by atoms with van der Waals surface area (Å²) in [5.41, 5.74) is 2.38. The minimum Gasteiger partial charge on any atom is -0.483 e. The van der Waals surface area contributed by atoms with Gasteiger partial charge < -0.3 is 4.74 Å². The van der Waals surface area contributed by atoms with Crippen LogP contribution in [0.2, 0.25) is 0 Å². The van der Waals surface area contributed by atoms with E-state index < -0.39 is 0 Å². The molecule has 1 heterocycles. The van der Waals surface area contributed by atoms with Crippen LogP contribution in [0.4, 0.5) is 5.13 Å². The van der Waals surface area contributed by atoms with E-state index in [9.17, 15) is 4.79 Å². The molecule has 1 aliphatic carbocycles. The molecule has 0 atom stereocenters. The van der Waals surface area contributed by atoms with Crippen molar-refractivity contribution in [3.63, 3.8) is 0 Å². The molecular formula is C18H21BrN2O2S. The van der Waals surface area contributed by atoms with Crippen molar-refractivity contribution in [2.75, 3.05) is 11.9 Å². The van der Waals surface area contributed by atoms with Crippen LogP contribution < -0.4 is 10.1 Å². The third-order valence-corrected chi connectivity index (χ3v) is 5.77. The summed E-state index contributed by atoms with van der Waals surface area (Å²) in [6.45, 7) is 4.26. The van der Waals surface area contributed by atoms with Crippen LogP contribution in [0.3, 0.4) is 0 Å². The number of nitrogens with one attached hydrogen (secondary N) is 1. The van der Waals surface area contributed by atoms with Gasteiger partial charge in [-0.25, -0.2) is 4.98 Å². The molecule has 2 aromatic rings. The maximum atomic E-state index is 12.1. The highest BCUT2D eigenvalue weighted by molar-refractivity contribution is 9.10. The molecule has 0 aliphatic heterocycles. The minimum absolute atomic E-state index is 0.0239. The number of thiazole rings is 1. The topological polar surface area (TPSA) is 51.2 Å². The highest BCUT2D eigenvalue weighted by Crippen LogP contribution is 2.30. The van der Waals surface area contributed by atoms with Crippen molar-refractivity contribution in [3.8, 4) is 5.75 Å². The monoisotopic (exact) mass is 408 g/mol. The first-order valence-corrected chi connectivity index (χ1v) is 9.84. The van der Waals surface area contributed by atoms with Crippen LogP contribution >= 0.6 is 27.3 Å². The zero-order valence-electron chi connectivity index (χ0n) is 13.9. The zero-order valence-corrected chi connectivity index (χ0v) is 16.3. The number of nitrogens with zero attached hydrogens (tertiary/aromatic N) is 1. The van der Waals surface area contributed by atoms with Crippen molar-refractivity contribution in [2.24, 2.45) is 0 Å². The maximum Gasteiger partial charge on any atom is 0.264 e. The van der Waals surface area contributed by atoms with Crippen molar-refractivity contribution >= 4 is 38.3 Å². The Morgan fingerprint density at radius 2 is 2.17 bits per heavy atom. The normalized spacial score (nSPS) is 13.7. The molecule has 0 spiro atoms. The first-order chi connectivity index (χ1) is 11.5. The number of amides is 1.